The van der Waals surface area contributed by atoms with Crippen LogP contribution in [0.4, 0.5) is 11.4 Å². The van der Waals surface area contributed by atoms with Gasteiger partial charge >= 0.3 is 0 Å². The van der Waals surface area contributed by atoms with Crippen LogP contribution in [0.15, 0.2) is 60.7 Å². The average molecular weight is 455 g/mol. The number of nitrogens with one attached hydrogen (secondary N) is 1. The highest BCUT2D eigenvalue weighted by Gasteiger charge is 2.21. The van der Waals surface area contributed by atoms with Crippen molar-refractivity contribution in [1.29, 1.82) is 0 Å². The summed E-state index contributed by atoms with van der Waals surface area (Å²) < 4.78 is 35.5. The molecule has 0 amide bonds. The van der Waals surface area contributed by atoms with E-state index in [0.717, 1.165) is 22.3 Å². The number of ether oxygens (including phenoxy) is 2. The lowest BCUT2D eigenvalue weighted by Gasteiger charge is -2.23. The smallest absolute Gasteiger partial charge is 0.161 e. The molecule has 0 aromatic heterocycles. The molecular weight excluding hydrogens is 424 g/mol. The molecule has 0 aliphatic rings. The monoisotopic (exact) mass is 454 g/mol. The number of anilines is 2. The van der Waals surface area contributed by atoms with Crippen LogP contribution in [0.2, 0.25) is 0 Å². The molecule has 6 nitrogen and oxygen atoms in total. The molecule has 0 aliphatic heterocycles. The zero-order valence-corrected chi connectivity index (χ0v) is 19.7. The van der Waals surface area contributed by atoms with Gasteiger partial charge < -0.3 is 20.5 Å². The van der Waals surface area contributed by atoms with E-state index < -0.39 is 15.9 Å². The molecule has 0 radical (unpaired) electrons. The predicted octanol–water partition coefficient (Wildman–Crippen LogP) is 4.85. The van der Waals surface area contributed by atoms with Crippen molar-refractivity contribution in [2.75, 3.05) is 36.8 Å². The number of benzene rings is 3. The summed E-state index contributed by atoms with van der Waals surface area (Å²) in [4.78, 5) is 0. The van der Waals surface area contributed by atoms with Crippen molar-refractivity contribution >= 4 is 21.2 Å². The van der Waals surface area contributed by atoms with Gasteiger partial charge in [-0.3, -0.25) is 0 Å². The Morgan fingerprint density at radius 1 is 1.00 bits per heavy atom. The number of hydrogen-bond acceptors (Lipinski definition) is 6. The van der Waals surface area contributed by atoms with Gasteiger partial charge in [-0.2, -0.15) is 0 Å². The fourth-order valence-electron chi connectivity index (χ4n) is 3.69. The van der Waals surface area contributed by atoms with Gasteiger partial charge in [0.15, 0.2) is 11.5 Å². The Morgan fingerprint density at radius 2 is 1.72 bits per heavy atom. The second kappa shape index (κ2) is 9.96. The number of para-hydroxylation sites is 1. The molecule has 0 fully saturated rings. The van der Waals surface area contributed by atoms with Crippen LogP contribution < -0.4 is 20.5 Å². The first-order valence-corrected chi connectivity index (χ1v) is 12.5. The predicted molar refractivity (Wildman–Crippen MR) is 131 cm³/mol. The summed E-state index contributed by atoms with van der Waals surface area (Å²) in [6.07, 6.45) is 1.22. The molecule has 3 aromatic carbocycles. The Labute approximate surface area is 190 Å². The van der Waals surface area contributed by atoms with Crippen LogP contribution >= 0.6 is 0 Å². The summed E-state index contributed by atoms with van der Waals surface area (Å²) in [6.45, 7) is 4.39. The largest absolute Gasteiger partial charge is 0.493 e. The van der Waals surface area contributed by atoms with Crippen LogP contribution in [0, 0.1) is 6.92 Å². The zero-order valence-electron chi connectivity index (χ0n) is 18.9. The maximum absolute atomic E-state index is 12.2. The van der Waals surface area contributed by atoms with E-state index in [1.807, 2.05) is 68.4 Å². The summed E-state index contributed by atoms with van der Waals surface area (Å²) >= 11 is 0. The molecule has 170 valence electrons. The molecule has 1 atom stereocenters. The summed E-state index contributed by atoms with van der Waals surface area (Å²) in [5.74, 6) is 1.06. The Hall–Kier alpha value is -3.19. The molecular formula is C25H30N2O4S. The first kappa shape index (κ1) is 23.5. The molecule has 0 saturated carbocycles. The van der Waals surface area contributed by atoms with Crippen LogP contribution in [-0.2, 0) is 9.84 Å². The van der Waals surface area contributed by atoms with Crippen molar-refractivity contribution in [3.05, 3.63) is 71.8 Å². The van der Waals surface area contributed by atoms with Crippen LogP contribution in [0.5, 0.6) is 11.5 Å². The van der Waals surface area contributed by atoms with Gasteiger partial charge in [0.2, 0.25) is 0 Å². The molecule has 3 aromatic rings. The van der Waals surface area contributed by atoms with Gasteiger partial charge in [-0.15, -0.1) is 0 Å². The lowest BCUT2D eigenvalue weighted by molar-refractivity contribution is 0.310. The summed E-state index contributed by atoms with van der Waals surface area (Å²) in [5, 5.41) is 3.36. The number of nitrogen functional groups attached to an aromatic ring is 1. The number of nitrogens with two attached hydrogens (primary N) is 1. The Bertz CT molecular complexity index is 1190. The van der Waals surface area contributed by atoms with Crippen molar-refractivity contribution in [2.24, 2.45) is 0 Å². The van der Waals surface area contributed by atoms with Gasteiger partial charge in [0.05, 0.1) is 36.9 Å². The van der Waals surface area contributed by atoms with Crippen molar-refractivity contribution in [3.8, 4) is 22.6 Å². The quantitative estimate of drug-likeness (QED) is 0.449. The van der Waals surface area contributed by atoms with Gasteiger partial charge in [-0.05, 0) is 48.7 Å². The SMILES string of the molecule is CCOc1cc([C@@H](CS(C)(=O)=O)Nc2cccc(-c3ccccc3C)c2N)ccc1OC. The van der Waals surface area contributed by atoms with E-state index in [0.29, 0.717) is 29.5 Å². The van der Waals surface area contributed by atoms with E-state index in [-0.39, 0.29) is 5.75 Å². The molecule has 3 N–H and O–H groups in total. The van der Waals surface area contributed by atoms with E-state index in [4.69, 9.17) is 15.2 Å². The molecule has 7 heteroatoms. The summed E-state index contributed by atoms with van der Waals surface area (Å²) in [5.41, 5.74) is 11.6. The number of rotatable bonds is 9. The lowest BCUT2D eigenvalue weighted by atomic mass is 9.98. The highest BCUT2D eigenvalue weighted by molar-refractivity contribution is 7.90. The maximum atomic E-state index is 12.2. The van der Waals surface area contributed by atoms with E-state index in [1.54, 1.807) is 13.2 Å². The van der Waals surface area contributed by atoms with Gasteiger partial charge in [-0.1, -0.05) is 42.5 Å². The van der Waals surface area contributed by atoms with Crippen LogP contribution in [0.25, 0.3) is 11.1 Å². The summed E-state index contributed by atoms with van der Waals surface area (Å²) in [6, 6.07) is 18.7. The standard InChI is InChI=1S/C25H30N2O4S/c1-5-31-24-15-18(13-14-23(24)30-3)22(16-32(4,28)29)27-21-12-8-11-20(25(21)26)19-10-7-6-9-17(19)2/h6-15,22,27H,5,16,26H2,1-4H3/t22-/m1/s1. The molecule has 0 bridgehead atoms. The highest BCUT2D eigenvalue weighted by Crippen LogP contribution is 2.37. The second-order valence-electron chi connectivity index (χ2n) is 7.71. The molecule has 0 heterocycles. The van der Waals surface area contributed by atoms with Gasteiger partial charge in [0, 0.05) is 11.8 Å². The van der Waals surface area contributed by atoms with Crippen LogP contribution in [0.3, 0.4) is 0 Å². The number of sulfone groups is 1. The van der Waals surface area contributed by atoms with Crippen LogP contribution in [0.1, 0.15) is 24.1 Å². The third kappa shape index (κ3) is 5.53. The number of methoxy groups -OCH3 is 1. The van der Waals surface area contributed by atoms with Crippen LogP contribution in [-0.4, -0.2) is 34.1 Å². The molecule has 3 rings (SSSR count). The number of aryl methyl sites for hydroxylation is 1. The van der Waals surface area contributed by atoms with Crippen molar-refractivity contribution in [3.63, 3.8) is 0 Å². The first-order valence-electron chi connectivity index (χ1n) is 10.4. The maximum Gasteiger partial charge on any atom is 0.161 e. The fraction of sp³-hybridized carbons (Fsp3) is 0.280. The molecule has 0 spiro atoms. The molecule has 0 unspecified atom stereocenters. The normalized spacial score (nSPS) is 12.2. The van der Waals surface area contributed by atoms with Crippen molar-refractivity contribution in [2.45, 2.75) is 19.9 Å². The zero-order chi connectivity index (χ0) is 23.3. The Morgan fingerprint density at radius 3 is 2.38 bits per heavy atom. The van der Waals surface area contributed by atoms with E-state index >= 15 is 0 Å². The van der Waals surface area contributed by atoms with Gasteiger partial charge in [-0.25, -0.2) is 8.42 Å². The molecule has 0 aliphatic carbocycles. The average Bonchev–Trinajstić information content (AvgIpc) is 2.74. The third-order valence-electron chi connectivity index (χ3n) is 5.23. The van der Waals surface area contributed by atoms with Crippen molar-refractivity contribution < 1.29 is 17.9 Å². The van der Waals surface area contributed by atoms with Crippen molar-refractivity contribution in [1.82, 2.24) is 0 Å². The molecule has 0 saturated heterocycles. The van der Waals surface area contributed by atoms with Gasteiger partial charge in [0.1, 0.15) is 9.84 Å². The third-order valence-corrected chi connectivity index (χ3v) is 6.17. The Kier molecular flexibility index (Phi) is 7.30. The van der Waals surface area contributed by atoms with E-state index in [2.05, 4.69) is 5.32 Å². The topological polar surface area (TPSA) is 90.7 Å². The first-order chi connectivity index (χ1) is 15.2. The minimum absolute atomic E-state index is 0.0983. The Balaban J connectivity index is 2.03. The lowest BCUT2D eigenvalue weighted by Crippen LogP contribution is -2.21. The highest BCUT2D eigenvalue weighted by atomic mass is 32.2. The molecule has 32 heavy (non-hydrogen) atoms. The number of hydrogen-bond donors (Lipinski definition) is 2. The van der Waals surface area contributed by atoms with E-state index in [9.17, 15) is 8.42 Å². The van der Waals surface area contributed by atoms with Gasteiger partial charge in [0.25, 0.3) is 0 Å². The van der Waals surface area contributed by atoms with E-state index in [1.165, 1.54) is 6.26 Å². The minimum atomic E-state index is -3.29. The minimum Gasteiger partial charge on any atom is -0.493 e. The fourth-order valence-corrected chi connectivity index (χ4v) is 4.57. The summed E-state index contributed by atoms with van der Waals surface area (Å²) in [7, 11) is -1.72. The second-order valence-corrected chi connectivity index (χ2v) is 9.90.